The highest BCUT2D eigenvalue weighted by atomic mass is 14.7. The number of rotatable bonds is 4. The van der Waals surface area contributed by atoms with Gasteiger partial charge in [-0.3, -0.25) is 4.99 Å². The largest absolute Gasteiger partial charge is 0.261 e. The van der Waals surface area contributed by atoms with E-state index in [-0.39, 0.29) is 0 Å². The van der Waals surface area contributed by atoms with Crippen molar-refractivity contribution in [1.29, 1.82) is 0 Å². The van der Waals surface area contributed by atoms with Crippen LogP contribution in [-0.2, 0) is 0 Å². The maximum Gasteiger partial charge on any atom is 0.0428 e. The number of nitrogens with zero attached hydrogens (tertiary/aromatic N) is 1. The van der Waals surface area contributed by atoms with Gasteiger partial charge in [-0.2, -0.15) is 0 Å². The molecule has 1 heteroatoms. The van der Waals surface area contributed by atoms with Gasteiger partial charge in [0.15, 0.2) is 0 Å². The second-order valence-corrected chi connectivity index (χ2v) is 4.06. The third kappa shape index (κ3) is 3.17. The quantitative estimate of drug-likeness (QED) is 0.582. The monoisotopic (exact) mass is 177 g/mol. The van der Waals surface area contributed by atoms with E-state index in [1.54, 1.807) is 0 Å². The maximum atomic E-state index is 4.46. The van der Waals surface area contributed by atoms with Crippen molar-refractivity contribution in [2.24, 2.45) is 16.8 Å². The first-order chi connectivity index (χ1) is 6.15. The van der Waals surface area contributed by atoms with Crippen molar-refractivity contribution in [3.8, 4) is 0 Å². The smallest absolute Gasteiger partial charge is 0.0428 e. The Morgan fingerprint density at radius 1 is 1.46 bits per heavy atom. The summed E-state index contributed by atoms with van der Waals surface area (Å²) in [5.74, 6) is 1.29. The highest BCUT2D eigenvalue weighted by Crippen LogP contribution is 2.31. The third-order valence-electron chi connectivity index (χ3n) is 2.53. The zero-order chi connectivity index (χ0) is 9.84. The average Bonchev–Trinajstić information content (AvgIpc) is 2.88. The van der Waals surface area contributed by atoms with Crippen molar-refractivity contribution in [3.63, 3.8) is 0 Å². The zero-order valence-corrected chi connectivity index (χ0v) is 8.88. The van der Waals surface area contributed by atoms with Crippen LogP contribution in [0.2, 0.25) is 0 Å². The molecule has 0 aromatic carbocycles. The van der Waals surface area contributed by atoms with E-state index in [1.165, 1.54) is 24.1 Å². The van der Waals surface area contributed by atoms with Crippen molar-refractivity contribution < 1.29 is 0 Å². The lowest BCUT2D eigenvalue weighted by Gasteiger charge is -2.02. The fourth-order valence-electron chi connectivity index (χ4n) is 1.03. The zero-order valence-electron chi connectivity index (χ0n) is 8.88. The van der Waals surface area contributed by atoms with Gasteiger partial charge in [0.25, 0.3) is 0 Å². The summed E-state index contributed by atoms with van der Waals surface area (Å²) < 4.78 is 0. The van der Waals surface area contributed by atoms with Gasteiger partial charge in [0.1, 0.15) is 0 Å². The molecule has 0 heterocycles. The van der Waals surface area contributed by atoms with Gasteiger partial charge in [0, 0.05) is 17.8 Å². The minimum absolute atomic E-state index is 0.592. The van der Waals surface area contributed by atoms with Crippen LogP contribution in [-0.4, -0.2) is 5.71 Å². The summed E-state index contributed by atoms with van der Waals surface area (Å²) in [6.45, 7) is 10.3. The molecule has 0 aromatic rings. The fraction of sp³-hybridized carbons (Fsp3) is 0.583. The Kier molecular flexibility index (Phi) is 3.47. The van der Waals surface area contributed by atoms with Crippen LogP contribution < -0.4 is 0 Å². The Hall–Kier alpha value is -0.850. The fourth-order valence-corrected chi connectivity index (χ4v) is 1.03. The summed E-state index contributed by atoms with van der Waals surface area (Å²) in [6, 6.07) is 0. The summed E-state index contributed by atoms with van der Waals surface area (Å²) in [7, 11) is 0. The molecule has 0 aliphatic heterocycles. The molecular weight excluding hydrogens is 158 g/mol. The molecule has 13 heavy (non-hydrogen) atoms. The third-order valence-corrected chi connectivity index (χ3v) is 2.53. The summed E-state index contributed by atoms with van der Waals surface area (Å²) in [6.07, 6.45) is 6.46. The molecule has 72 valence electrons. The Labute approximate surface area is 81.3 Å². The van der Waals surface area contributed by atoms with Gasteiger partial charge < -0.3 is 0 Å². The van der Waals surface area contributed by atoms with E-state index in [0.29, 0.717) is 11.8 Å². The Bertz CT molecular complexity index is 242. The lowest BCUT2D eigenvalue weighted by Crippen LogP contribution is -1.95. The normalized spacial score (nSPS) is 19.4. The molecule has 1 aliphatic rings. The van der Waals surface area contributed by atoms with Gasteiger partial charge in [-0.15, -0.1) is 0 Å². The molecule has 0 bridgehead atoms. The van der Waals surface area contributed by atoms with E-state index in [1.807, 2.05) is 12.3 Å². The summed E-state index contributed by atoms with van der Waals surface area (Å²) >= 11 is 0. The van der Waals surface area contributed by atoms with Crippen molar-refractivity contribution in [1.82, 2.24) is 0 Å². The van der Waals surface area contributed by atoms with Crippen LogP contribution in [0.3, 0.4) is 0 Å². The molecule has 1 saturated carbocycles. The lowest BCUT2D eigenvalue weighted by molar-refractivity contribution is 0.766. The van der Waals surface area contributed by atoms with E-state index in [9.17, 15) is 0 Å². The van der Waals surface area contributed by atoms with Gasteiger partial charge in [-0.05, 0) is 31.8 Å². The first kappa shape index (κ1) is 10.2. The molecule has 0 amide bonds. The van der Waals surface area contributed by atoms with Crippen LogP contribution in [0, 0.1) is 11.8 Å². The average molecular weight is 177 g/mol. The number of allylic oxidation sites excluding steroid dienone is 2. The minimum atomic E-state index is 0.592. The summed E-state index contributed by atoms with van der Waals surface area (Å²) in [4.78, 5) is 4.46. The standard InChI is InChI=1S/C12H19N/c1-5-12(11-6-7-11)13-8-10(4)9(2)3/h5,8-9,11H,1,6-7H2,2-4H3/b10-8+,13-12?. The molecule has 0 N–H and O–H groups in total. The molecule has 0 spiro atoms. The topological polar surface area (TPSA) is 12.4 Å². The summed E-state index contributed by atoms with van der Waals surface area (Å²) in [5, 5.41) is 0. The highest BCUT2D eigenvalue weighted by molar-refractivity contribution is 5.98. The molecule has 0 unspecified atom stereocenters. The molecule has 1 fully saturated rings. The van der Waals surface area contributed by atoms with Crippen LogP contribution in [0.4, 0.5) is 0 Å². The van der Waals surface area contributed by atoms with Crippen LogP contribution in [0.1, 0.15) is 33.6 Å². The van der Waals surface area contributed by atoms with E-state index < -0.39 is 0 Å². The predicted octanol–water partition coefficient (Wildman–Crippen LogP) is 3.58. The SMILES string of the molecule is C=CC(=N/C=C(\C)C(C)C)C1CC1. The van der Waals surface area contributed by atoms with E-state index in [0.717, 1.165) is 0 Å². The van der Waals surface area contributed by atoms with Crippen molar-refractivity contribution in [2.75, 3.05) is 0 Å². The maximum absolute atomic E-state index is 4.46. The Morgan fingerprint density at radius 3 is 2.46 bits per heavy atom. The van der Waals surface area contributed by atoms with E-state index in [4.69, 9.17) is 0 Å². The van der Waals surface area contributed by atoms with Gasteiger partial charge in [0.2, 0.25) is 0 Å². The van der Waals surface area contributed by atoms with Crippen LogP contribution in [0.5, 0.6) is 0 Å². The lowest BCUT2D eigenvalue weighted by atomic mass is 10.1. The van der Waals surface area contributed by atoms with Crippen molar-refractivity contribution >= 4 is 5.71 Å². The molecule has 0 radical (unpaired) electrons. The van der Waals surface area contributed by atoms with Gasteiger partial charge >= 0.3 is 0 Å². The molecule has 0 saturated heterocycles. The molecule has 0 atom stereocenters. The van der Waals surface area contributed by atoms with Crippen molar-refractivity contribution in [2.45, 2.75) is 33.6 Å². The molecule has 1 rings (SSSR count). The van der Waals surface area contributed by atoms with Gasteiger partial charge in [0.05, 0.1) is 0 Å². The highest BCUT2D eigenvalue weighted by Gasteiger charge is 2.24. The first-order valence-corrected chi connectivity index (χ1v) is 5.02. The number of aliphatic imine (C=N–C) groups is 1. The second kappa shape index (κ2) is 4.40. The number of hydrogen-bond acceptors (Lipinski definition) is 1. The predicted molar refractivity (Wildman–Crippen MR) is 59.0 cm³/mol. The minimum Gasteiger partial charge on any atom is -0.261 e. The van der Waals surface area contributed by atoms with Crippen LogP contribution >= 0.6 is 0 Å². The van der Waals surface area contributed by atoms with Gasteiger partial charge in [-0.1, -0.05) is 26.0 Å². The Morgan fingerprint density at radius 2 is 2.08 bits per heavy atom. The number of hydrogen-bond donors (Lipinski definition) is 0. The molecule has 0 aromatic heterocycles. The molecule has 1 aliphatic carbocycles. The second-order valence-electron chi connectivity index (χ2n) is 4.06. The Balaban J connectivity index is 2.62. The summed E-state index contributed by atoms with van der Waals surface area (Å²) in [5.41, 5.74) is 2.50. The van der Waals surface area contributed by atoms with Crippen LogP contribution in [0.25, 0.3) is 0 Å². The molecule has 1 nitrogen and oxygen atoms in total. The van der Waals surface area contributed by atoms with Crippen LogP contribution in [0.15, 0.2) is 29.4 Å². The van der Waals surface area contributed by atoms with Gasteiger partial charge in [-0.25, -0.2) is 0 Å². The van der Waals surface area contributed by atoms with E-state index >= 15 is 0 Å². The molecular formula is C12H19N. The van der Waals surface area contributed by atoms with E-state index in [2.05, 4.69) is 32.3 Å². The first-order valence-electron chi connectivity index (χ1n) is 5.02. The van der Waals surface area contributed by atoms with Crippen molar-refractivity contribution in [3.05, 3.63) is 24.4 Å².